The van der Waals surface area contributed by atoms with Crippen LogP contribution in [-0.2, 0) is 35.7 Å². The molecule has 2 aromatic carbocycles. The van der Waals surface area contributed by atoms with Crippen LogP contribution in [0.1, 0.15) is 24.0 Å². The van der Waals surface area contributed by atoms with E-state index in [1.54, 1.807) is 0 Å². The molecule has 3 aromatic rings. The number of hydrogen-bond donors (Lipinski definition) is 2. The summed E-state index contributed by atoms with van der Waals surface area (Å²) in [6.45, 7) is -0.450. The van der Waals surface area contributed by atoms with Crippen molar-refractivity contribution in [2.75, 3.05) is 13.7 Å². The number of methoxy groups -OCH3 is 1. The lowest BCUT2D eigenvalue weighted by Gasteiger charge is -2.18. The molecule has 0 radical (unpaired) electrons. The normalized spacial score (nSPS) is 15.1. The summed E-state index contributed by atoms with van der Waals surface area (Å²) in [5, 5.41) is 3.60. The van der Waals surface area contributed by atoms with Crippen LogP contribution in [0, 0.1) is 0 Å². The van der Waals surface area contributed by atoms with Gasteiger partial charge in [-0.15, -0.1) is 0 Å². The van der Waals surface area contributed by atoms with Crippen LogP contribution in [0.5, 0.6) is 0 Å². The SMILES string of the molecule is COC(=O)[C@H](Cc1c[nH]c2ccccc12)NC(=O)COC(=O)C1(c2ccccc2)CC1. The first kappa shape index (κ1) is 20.7. The Morgan fingerprint density at radius 3 is 2.48 bits per heavy atom. The average molecular weight is 420 g/mol. The van der Waals surface area contributed by atoms with Crippen molar-refractivity contribution in [1.29, 1.82) is 0 Å². The first-order valence-corrected chi connectivity index (χ1v) is 10.2. The molecule has 1 aromatic heterocycles. The second-order valence-corrected chi connectivity index (χ2v) is 7.73. The zero-order chi connectivity index (χ0) is 21.8. The summed E-state index contributed by atoms with van der Waals surface area (Å²) in [4.78, 5) is 40.5. The van der Waals surface area contributed by atoms with Gasteiger partial charge in [-0.3, -0.25) is 9.59 Å². The van der Waals surface area contributed by atoms with Gasteiger partial charge in [-0.25, -0.2) is 4.79 Å². The minimum absolute atomic E-state index is 0.254. The largest absolute Gasteiger partial charge is 0.467 e. The second kappa shape index (κ2) is 8.63. The number of carbonyl (C=O) groups is 3. The van der Waals surface area contributed by atoms with E-state index in [2.05, 4.69) is 10.3 Å². The Morgan fingerprint density at radius 1 is 1.06 bits per heavy atom. The van der Waals surface area contributed by atoms with Crippen molar-refractivity contribution in [3.05, 3.63) is 71.9 Å². The van der Waals surface area contributed by atoms with Crippen LogP contribution in [0.2, 0.25) is 0 Å². The number of aromatic nitrogens is 1. The summed E-state index contributed by atoms with van der Waals surface area (Å²) < 4.78 is 10.1. The number of hydrogen-bond acceptors (Lipinski definition) is 5. The van der Waals surface area contributed by atoms with Crippen molar-refractivity contribution in [3.8, 4) is 0 Å². The highest BCUT2D eigenvalue weighted by Crippen LogP contribution is 2.49. The van der Waals surface area contributed by atoms with Crippen LogP contribution in [0.4, 0.5) is 0 Å². The predicted octanol–water partition coefficient (Wildman–Crippen LogP) is 2.64. The van der Waals surface area contributed by atoms with E-state index in [0.29, 0.717) is 12.8 Å². The van der Waals surface area contributed by atoms with Gasteiger partial charge in [0.2, 0.25) is 0 Å². The zero-order valence-corrected chi connectivity index (χ0v) is 17.2. The molecule has 1 saturated carbocycles. The number of aromatic amines is 1. The Kier molecular flexibility index (Phi) is 5.75. The van der Waals surface area contributed by atoms with Crippen molar-refractivity contribution < 1.29 is 23.9 Å². The summed E-state index contributed by atoms with van der Waals surface area (Å²) in [5.74, 6) is -1.53. The van der Waals surface area contributed by atoms with Crippen LogP contribution in [0.25, 0.3) is 10.9 Å². The number of para-hydroxylation sites is 1. The van der Waals surface area contributed by atoms with Crippen LogP contribution in [0.3, 0.4) is 0 Å². The molecule has 0 unspecified atom stereocenters. The monoisotopic (exact) mass is 420 g/mol. The molecule has 0 bridgehead atoms. The molecule has 7 nitrogen and oxygen atoms in total. The van der Waals surface area contributed by atoms with E-state index in [9.17, 15) is 14.4 Å². The highest BCUT2D eigenvalue weighted by Gasteiger charge is 2.52. The summed E-state index contributed by atoms with van der Waals surface area (Å²) in [5.41, 5.74) is 2.06. The number of ether oxygens (including phenoxy) is 2. The van der Waals surface area contributed by atoms with Gasteiger partial charge in [0.15, 0.2) is 6.61 Å². The minimum Gasteiger partial charge on any atom is -0.467 e. The molecule has 1 atom stereocenters. The smallest absolute Gasteiger partial charge is 0.328 e. The summed E-state index contributed by atoms with van der Waals surface area (Å²) in [6.07, 6.45) is 3.46. The summed E-state index contributed by atoms with van der Waals surface area (Å²) >= 11 is 0. The molecule has 31 heavy (non-hydrogen) atoms. The molecule has 1 fully saturated rings. The number of esters is 2. The molecule has 1 heterocycles. The van der Waals surface area contributed by atoms with Gasteiger partial charge in [0.25, 0.3) is 5.91 Å². The fourth-order valence-corrected chi connectivity index (χ4v) is 3.85. The third-order valence-corrected chi connectivity index (χ3v) is 5.72. The van der Waals surface area contributed by atoms with E-state index >= 15 is 0 Å². The van der Waals surface area contributed by atoms with E-state index < -0.39 is 35.9 Å². The zero-order valence-electron chi connectivity index (χ0n) is 17.2. The van der Waals surface area contributed by atoms with Gasteiger partial charge in [-0.05, 0) is 30.0 Å². The van der Waals surface area contributed by atoms with Gasteiger partial charge in [0, 0.05) is 23.5 Å². The predicted molar refractivity (Wildman–Crippen MR) is 114 cm³/mol. The Balaban J connectivity index is 1.38. The molecular formula is C24H24N2O5. The van der Waals surface area contributed by atoms with E-state index in [4.69, 9.17) is 9.47 Å². The fourth-order valence-electron chi connectivity index (χ4n) is 3.85. The number of nitrogens with one attached hydrogen (secondary N) is 2. The van der Waals surface area contributed by atoms with Crippen molar-refractivity contribution in [1.82, 2.24) is 10.3 Å². The van der Waals surface area contributed by atoms with E-state index in [1.807, 2.05) is 60.8 Å². The maximum Gasteiger partial charge on any atom is 0.328 e. The molecular weight excluding hydrogens is 396 g/mol. The second-order valence-electron chi connectivity index (χ2n) is 7.73. The Hall–Kier alpha value is -3.61. The molecule has 2 N–H and O–H groups in total. The lowest BCUT2D eigenvalue weighted by atomic mass is 9.96. The Labute approximate surface area is 179 Å². The van der Waals surface area contributed by atoms with Crippen LogP contribution < -0.4 is 5.32 Å². The number of benzene rings is 2. The molecule has 7 heteroatoms. The van der Waals surface area contributed by atoms with Gasteiger partial charge < -0.3 is 19.8 Å². The van der Waals surface area contributed by atoms with Gasteiger partial charge >= 0.3 is 11.9 Å². The standard InChI is InChI=1S/C24H24N2O5/c1-30-22(28)20(13-16-14-25-19-10-6-5-9-18(16)19)26-21(27)15-31-23(29)24(11-12-24)17-7-3-2-4-8-17/h2-10,14,20,25H,11-13,15H2,1H3,(H,26,27)/t20-/m0/s1. The molecule has 1 amide bonds. The van der Waals surface area contributed by atoms with Gasteiger partial charge in [0.1, 0.15) is 6.04 Å². The highest BCUT2D eigenvalue weighted by molar-refractivity contribution is 5.91. The number of fused-ring (bicyclic) bond motifs is 1. The minimum atomic E-state index is -0.889. The van der Waals surface area contributed by atoms with Crippen molar-refractivity contribution >= 4 is 28.7 Å². The quantitative estimate of drug-likeness (QED) is 0.546. The van der Waals surface area contributed by atoms with Crippen molar-refractivity contribution in [2.45, 2.75) is 30.7 Å². The van der Waals surface area contributed by atoms with Gasteiger partial charge in [0.05, 0.1) is 12.5 Å². The Morgan fingerprint density at radius 2 is 1.77 bits per heavy atom. The maximum atomic E-state index is 12.6. The summed E-state index contributed by atoms with van der Waals surface area (Å²) in [7, 11) is 1.27. The lowest BCUT2D eigenvalue weighted by molar-refractivity contribution is -0.152. The van der Waals surface area contributed by atoms with E-state index in [-0.39, 0.29) is 6.42 Å². The van der Waals surface area contributed by atoms with Crippen molar-refractivity contribution in [2.24, 2.45) is 0 Å². The third kappa shape index (κ3) is 4.30. The topological polar surface area (TPSA) is 97.5 Å². The highest BCUT2D eigenvalue weighted by atomic mass is 16.5. The van der Waals surface area contributed by atoms with Gasteiger partial charge in [-0.2, -0.15) is 0 Å². The molecule has 4 rings (SSSR count). The molecule has 1 aliphatic rings. The summed E-state index contributed by atoms with van der Waals surface area (Å²) in [6, 6.07) is 16.2. The lowest BCUT2D eigenvalue weighted by Crippen LogP contribution is -2.45. The van der Waals surface area contributed by atoms with Crippen molar-refractivity contribution in [3.63, 3.8) is 0 Å². The van der Waals surface area contributed by atoms with Gasteiger partial charge in [-0.1, -0.05) is 48.5 Å². The van der Waals surface area contributed by atoms with Crippen LogP contribution >= 0.6 is 0 Å². The van der Waals surface area contributed by atoms with E-state index in [1.165, 1.54) is 7.11 Å². The number of amides is 1. The molecule has 160 valence electrons. The molecule has 0 saturated heterocycles. The van der Waals surface area contributed by atoms with Crippen LogP contribution in [-0.4, -0.2) is 42.6 Å². The number of carbonyl (C=O) groups excluding carboxylic acids is 3. The number of H-pyrrole nitrogens is 1. The molecule has 0 spiro atoms. The fraction of sp³-hybridized carbons (Fsp3) is 0.292. The molecule has 0 aliphatic heterocycles. The Bertz CT molecular complexity index is 1100. The van der Waals surface area contributed by atoms with Crippen LogP contribution in [0.15, 0.2) is 60.8 Å². The van der Waals surface area contributed by atoms with E-state index in [0.717, 1.165) is 22.0 Å². The maximum absolute atomic E-state index is 12.6. The number of rotatable bonds is 8. The average Bonchev–Trinajstić information content (AvgIpc) is 3.53. The first-order valence-electron chi connectivity index (χ1n) is 10.2. The first-order chi connectivity index (χ1) is 15.0. The third-order valence-electron chi connectivity index (χ3n) is 5.72. The molecule has 1 aliphatic carbocycles.